The number of thiazole rings is 1. The molecule has 1 saturated heterocycles. The molecule has 0 amide bonds. The van der Waals surface area contributed by atoms with Crippen LogP contribution in [0.15, 0.2) is 46.1 Å². The Balaban J connectivity index is 1.55. The van der Waals surface area contributed by atoms with Crippen molar-refractivity contribution in [3.63, 3.8) is 0 Å². The number of rotatable bonds is 10. The maximum atomic E-state index is 14.8. The summed E-state index contributed by atoms with van der Waals surface area (Å²) in [6, 6.07) is 6.22. The lowest BCUT2D eigenvalue weighted by Gasteiger charge is -2.30. The minimum Gasteiger partial charge on any atom is -0.381 e. The second-order valence-corrected chi connectivity index (χ2v) is 9.87. The van der Waals surface area contributed by atoms with Crippen LogP contribution in [0.25, 0.3) is 0 Å². The van der Waals surface area contributed by atoms with Gasteiger partial charge in [-0.15, -0.1) is 11.3 Å². The number of carbonyl (C=O) groups excluding carboxylic acids is 1. The van der Waals surface area contributed by atoms with E-state index in [2.05, 4.69) is 20.0 Å². The van der Waals surface area contributed by atoms with E-state index < -0.39 is 32.4 Å². The van der Waals surface area contributed by atoms with Crippen LogP contribution in [0.4, 0.5) is 24.7 Å². The number of benzene rings is 2. The number of hydrogen-bond donors (Lipinski definition) is 1. The molecule has 4 rings (SSSR count). The third kappa shape index (κ3) is 5.00. The molecule has 0 spiro atoms. The van der Waals surface area contributed by atoms with E-state index in [0.29, 0.717) is 12.1 Å². The third-order valence-electron chi connectivity index (χ3n) is 5.17. The Hall–Kier alpha value is -3.16. The zero-order valence-electron chi connectivity index (χ0n) is 17.6. The van der Waals surface area contributed by atoms with Crippen molar-refractivity contribution in [2.75, 3.05) is 22.9 Å². The highest BCUT2D eigenvalue weighted by Gasteiger charge is 2.34. The quantitative estimate of drug-likeness (QED) is 0.327. The molecule has 0 aliphatic carbocycles. The molecule has 2 heterocycles. The van der Waals surface area contributed by atoms with Crippen LogP contribution in [0.1, 0.15) is 17.5 Å². The summed E-state index contributed by atoms with van der Waals surface area (Å²) < 4.78 is 69.4. The van der Waals surface area contributed by atoms with Crippen LogP contribution in [0.2, 0.25) is 0 Å². The van der Waals surface area contributed by atoms with Crippen molar-refractivity contribution >= 4 is 39.3 Å². The monoisotopic (exact) mass is 512 g/mol. The molecule has 0 bridgehead atoms. The summed E-state index contributed by atoms with van der Waals surface area (Å²) in [6.07, 6.45) is 1.13. The Labute approximate surface area is 197 Å². The molecule has 1 aliphatic heterocycles. The Morgan fingerprint density at radius 2 is 1.88 bits per heavy atom. The van der Waals surface area contributed by atoms with Crippen LogP contribution in [-0.4, -0.2) is 37.9 Å². The third-order valence-corrected chi connectivity index (χ3v) is 7.36. The fourth-order valence-corrected chi connectivity index (χ4v) is 5.26. The molecule has 1 fully saturated rings. The van der Waals surface area contributed by atoms with Crippen molar-refractivity contribution in [2.24, 2.45) is 0 Å². The van der Waals surface area contributed by atoms with E-state index in [-0.39, 0.29) is 29.0 Å². The number of likely N-dealkylation sites (tertiary alicyclic amines) is 1. The van der Waals surface area contributed by atoms with Gasteiger partial charge in [0.05, 0.1) is 5.51 Å². The summed E-state index contributed by atoms with van der Waals surface area (Å²) in [5.41, 5.74) is 2.36. The number of sulfonamides is 1. The van der Waals surface area contributed by atoms with Crippen LogP contribution in [0.3, 0.4) is 0 Å². The first-order valence-corrected chi connectivity index (χ1v) is 12.4. The predicted octanol–water partition coefficient (Wildman–Crippen LogP) is 3.66. The normalized spacial score (nSPS) is 13.9. The largest absolute Gasteiger partial charge is 0.381 e. The smallest absolute Gasteiger partial charge is 0.322 e. The second-order valence-electron chi connectivity index (χ2n) is 7.46. The summed E-state index contributed by atoms with van der Waals surface area (Å²) in [5, 5.41) is 3.93. The molecule has 1 aliphatic rings. The highest BCUT2D eigenvalue weighted by atomic mass is 32.2. The summed E-state index contributed by atoms with van der Waals surface area (Å²) in [4.78, 5) is 19.8. The number of nitrogens with zero attached hydrogens (tertiary/aromatic N) is 3. The molecule has 3 aromatic rings. The van der Waals surface area contributed by atoms with Gasteiger partial charge in [0.25, 0.3) is 0 Å². The van der Waals surface area contributed by atoms with E-state index in [0.717, 1.165) is 48.5 Å². The van der Waals surface area contributed by atoms with Crippen molar-refractivity contribution in [2.45, 2.75) is 24.4 Å². The zero-order valence-corrected chi connectivity index (χ0v) is 19.2. The lowest BCUT2D eigenvalue weighted by atomic mass is 10.1. The van der Waals surface area contributed by atoms with Gasteiger partial charge >= 0.3 is 16.5 Å². The molecule has 0 atom stereocenters. The molecule has 13 heteroatoms. The van der Waals surface area contributed by atoms with Gasteiger partial charge in [-0.25, -0.2) is 18.2 Å². The van der Waals surface area contributed by atoms with Gasteiger partial charge in [-0.3, -0.25) is 9.69 Å². The topological polar surface area (TPSA) is 91.8 Å². The molecule has 2 aromatic carbocycles. The van der Waals surface area contributed by atoms with Gasteiger partial charge in [0.2, 0.25) is 0 Å². The van der Waals surface area contributed by atoms with Crippen molar-refractivity contribution in [1.29, 1.82) is 0 Å². The molecular formula is C21H19F3N4O4S2. The standard InChI is InChI=1S/C21H19F3N4O4S2/c22-17-3-2-14(10-27-4-1-5-27)6-15(17)9-25-16-7-18(23)21(19(24)8-16)34(30,31)28(32-13-29)20-11-33-12-26-20/h2-3,6-8,11-13,25H,1,4-5,9-10H2. The molecule has 0 saturated carbocycles. The van der Waals surface area contributed by atoms with Gasteiger partial charge in [0.1, 0.15) is 17.5 Å². The van der Waals surface area contributed by atoms with Crippen molar-refractivity contribution in [1.82, 2.24) is 9.88 Å². The highest BCUT2D eigenvalue weighted by Crippen LogP contribution is 2.30. The van der Waals surface area contributed by atoms with Crippen molar-refractivity contribution < 1.29 is 31.2 Å². The van der Waals surface area contributed by atoms with E-state index >= 15 is 0 Å². The summed E-state index contributed by atoms with van der Waals surface area (Å²) in [5.74, 6) is -3.68. The van der Waals surface area contributed by atoms with Crippen molar-refractivity contribution in [3.05, 3.63) is 69.8 Å². The van der Waals surface area contributed by atoms with Crippen molar-refractivity contribution in [3.8, 4) is 0 Å². The Morgan fingerprint density at radius 3 is 2.47 bits per heavy atom. The van der Waals surface area contributed by atoms with Gasteiger partial charge in [-0.1, -0.05) is 10.5 Å². The number of halogens is 3. The van der Waals surface area contributed by atoms with Gasteiger partial charge in [-0.2, -0.15) is 8.42 Å². The molecule has 34 heavy (non-hydrogen) atoms. The van der Waals surface area contributed by atoms with Gasteiger partial charge < -0.3 is 10.2 Å². The maximum absolute atomic E-state index is 14.8. The molecule has 0 unspecified atom stereocenters. The van der Waals surface area contributed by atoms with E-state index in [9.17, 15) is 26.4 Å². The molecular weight excluding hydrogens is 493 g/mol. The highest BCUT2D eigenvalue weighted by molar-refractivity contribution is 7.92. The predicted molar refractivity (Wildman–Crippen MR) is 119 cm³/mol. The van der Waals surface area contributed by atoms with Crippen LogP contribution in [0.5, 0.6) is 0 Å². The van der Waals surface area contributed by atoms with Crippen LogP contribution < -0.4 is 9.79 Å². The van der Waals surface area contributed by atoms with Crippen LogP contribution >= 0.6 is 11.3 Å². The first kappa shape index (κ1) is 24.0. The lowest BCUT2D eigenvalue weighted by molar-refractivity contribution is -0.128. The average Bonchev–Trinajstić information content (AvgIpc) is 3.28. The second kappa shape index (κ2) is 9.99. The van der Waals surface area contributed by atoms with Crippen LogP contribution in [0, 0.1) is 17.5 Å². The Bertz CT molecular complexity index is 1260. The number of anilines is 2. The number of aromatic nitrogens is 1. The maximum Gasteiger partial charge on any atom is 0.322 e. The summed E-state index contributed by atoms with van der Waals surface area (Å²) in [7, 11) is -4.97. The number of nitrogens with one attached hydrogen (secondary N) is 1. The lowest BCUT2D eigenvalue weighted by Crippen LogP contribution is -2.36. The molecule has 1 N–H and O–H groups in total. The fraction of sp³-hybridized carbons (Fsp3) is 0.238. The Kier molecular flexibility index (Phi) is 7.05. The Morgan fingerprint density at radius 1 is 1.15 bits per heavy atom. The van der Waals surface area contributed by atoms with Gasteiger partial charge in [0, 0.05) is 29.7 Å². The first-order valence-electron chi connectivity index (χ1n) is 10.1. The molecule has 1 aromatic heterocycles. The summed E-state index contributed by atoms with van der Waals surface area (Å²) >= 11 is 0.986. The SMILES string of the molecule is O=CON(c1cscn1)S(=O)(=O)c1c(F)cc(NCc2cc(CN3CCC3)ccc2F)cc1F. The van der Waals surface area contributed by atoms with Crippen LogP contribution in [-0.2, 0) is 32.7 Å². The molecule has 8 nitrogen and oxygen atoms in total. The number of carbonyl (C=O) groups is 1. The fourth-order valence-electron chi connectivity index (χ4n) is 3.42. The minimum absolute atomic E-state index is 0.0318. The van der Waals surface area contributed by atoms with E-state index in [1.54, 1.807) is 12.1 Å². The van der Waals surface area contributed by atoms with E-state index in [1.165, 1.54) is 17.0 Å². The summed E-state index contributed by atoms with van der Waals surface area (Å²) in [6.45, 7) is 2.37. The molecule has 0 radical (unpaired) electrons. The van der Waals surface area contributed by atoms with Gasteiger partial charge in [0.15, 0.2) is 10.7 Å². The minimum atomic E-state index is -4.97. The first-order chi connectivity index (χ1) is 16.3. The zero-order chi connectivity index (χ0) is 24.3. The van der Waals surface area contributed by atoms with E-state index in [1.807, 2.05) is 0 Å². The number of hydrogen-bond acceptors (Lipinski definition) is 8. The van der Waals surface area contributed by atoms with E-state index in [4.69, 9.17) is 0 Å². The molecule has 180 valence electrons. The average molecular weight is 513 g/mol. The van der Waals surface area contributed by atoms with Gasteiger partial charge in [-0.05, 0) is 49.3 Å².